The lowest BCUT2D eigenvalue weighted by Crippen LogP contribution is -2.28. The highest BCUT2D eigenvalue weighted by molar-refractivity contribution is 6.09. The van der Waals surface area contributed by atoms with Crippen LogP contribution in [0.15, 0.2) is 188 Å². The number of nitrogens with one attached hydrogen (secondary N) is 2. The molecule has 0 fully saturated rings. The molecule has 236 valence electrons. The van der Waals surface area contributed by atoms with Gasteiger partial charge < -0.3 is 16.6 Å². The van der Waals surface area contributed by atoms with E-state index in [0.29, 0.717) is 16.8 Å². The molecule has 0 amide bonds. The van der Waals surface area contributed by atoms with Crippen LogP contribution >= 0.6 is 0 Å². The van der Waals surface area contributed by atoms with Crippen LogP contribution in [-0.4, -0.2) is 11.9 Å². The number of hydrogen-bond acceptors (Lipinski definition) is 3. The van der Waals surface area contributed by atoms with Crippen molar-refractivity contribution in [2.45, 2.75) is 19.3 Å². The minimum Gasteiger partial charge on any atom is -0.398 e. The van der Waals surface area contributed by atoms with Crippen molar-refractivity contribution in [3.63, 3.8) is 0 Å². The van der Waals surface area contributed by atoms with Gasteiger partial charge in [-0.15, -0.1) is 0 Å². The summed E-state index contributed by atoms with van der Waals surface area (Å²) in [6.07, 6.45) is 9.29. The zero-order valence-corrected chi connectivity index (χ0v) is 27.6. The van der Waals surface area contributed by atoms with Crippen molar-refractivity contribution < 1.29 is 0 Å². The average Bonchev–Trinajstić information content (AvgIpc) is 3.42. The standard InChI is InChI=1S/C32H24.C13H17N3/c1-23-10-9-11-25(22-23)24-18-20-27(21-19-24)32(26-12-3-2-4-13-26)30-16-7-5-14-28(30)29-15-6-8-17-31(29)32;1-4-6-10(3)12(15)8-13(16)11(9-14)7-5-2/h2-22H,1H3;4-9,14-15H,2-3,16H2,1H3/b;6-4-,11-7+,13-8-,14-9?,15-12?. The van der Waals surface area contributed by atoms with Crippen molar-refractivity contribution in [1.82, 2.24) is 0 Å². The molecule has 0 spiro atoms. The van der Waals surface area contributed by atoms with E-state index in [9.17, 15) is 0 Å². The van der Waals surface area contributed by atoms with E-state index in [1.165, 1.54) is 56.1 Å². The summed E-state index contributed by atoms with van der Waals surface area (Å²) in [4.78, 5) is 0. The van der Waals surface area contributed by atoms with Gasteiger partial charge in [-0.2, -0.15) is 0 Å². The second-order valence-electron chi connectivity index (χ2n) is 11.7. The van der Waals surface area contributed by atoms with Crippen molar-refractivity contribution >= 4 is 11.9 Å². The number of nitrogens with two attached hydrogens (primary N) is 1. The van der Waals surface area contributed by atoms with Crippen LogP contribution < -0.4 is 5.73 Å². The Labute approximate surface area is 284 Å². The van der Waals surface area contributed by atoms with E-state index in [1.807, 2.05) is 6.92 Å². The fraction of sp³-hybridized carbons (Fsp3) is 0.0667. The SMILES string of the molecule is C=C/C=C(C=N)/C(N)=C/C(=N)C(=C)/C=C\C.Cc1cccc(-c2ccc(C3(c4ccccc4)c4ccccc4-c4ccccc43)cc2)c1. The molecule has 5 aromatic rings. The van der Waals surface area contributed by atoms with Gasteiger partial charge >= 0.3 is 0 Å². The summed E-state index contributed by atoms with van der Waals surface area (Å²) < 4.78 is 0. The number of rotatable bonds is 9. The minimum atomic E-state index is -0.320. The molecule has 3 heteroatoms. The molecule has 3 nitrogen and oxygen atoms in total. The van der Waals surface area contributed by atoms with Crippen molar-refractivity contribution in [3.8, 4) is 22.3 Å². The van der Waals surface area contributed by atoms with Crippen LogP contribution in [0.1, 0.15) is 34.7 Å². The number of fused-ring (bicyclic) bond motifs is 3. The molecule has 0 bridgehead atoms. The highest BCUT2D eigenvalue weighted by Crippen LogP contribution is 2.55. The van der Waals surface area contributed by atoms with Gasteiger partial charge in [-0.25, -0.2) is 0 Å². The maximum absolute atomic E-state index is 7.69. The molecule has 5 aromatic carbocycles. The Balaban J connectivity index is 0.000000241. The zero-order valence-electron chi connectivity index (χ0n) is 27.6. The second kappa shape index (κ2) is 15.0. The Morgan fingerprint density at radius 2 is 1.31 bits per heavy atom. The predicted octanol–water partition coefficient (Wildman–Crippen LogP) is 10.8. The first-order valence-corrected chi connectivity index (χ1v) is 16.0. The van der Waals surface area contributed by atoms with Crippen molar-refractivity contribution in [3.05, 3.63) is 216 Å². The lowest BCUT2D eigenvalue weighted by atomic mass is 9.67. The van der Waals surface area contributed by atoms with E-state index in [4.69, 9.17) is 16.6 Å². The number of allylic oxidation sites excluding steroid dienone is 7. The number of aryl methyl sites for hydroxylation is 1. The van der Waals surface area contributed by atoms with Crippen LogP contribution in [0.4, 0.5) is 0 Å². The van der Waals surface area contributed by atoms with Gasteiger partial charge in [0.1, 0.15) is 0 Å². The fourth-order valence-corrected chi connectivity index (χ4v) is 6.43. The molecule has 48 heavy (non-hydrogen) atoms. The first-order chi connectivity index (χ1) is 23.3. The first kappa shape index (κ1) is 33.3. The number of benzene rings is 5. The third-order valence-corrected chi connectivity index (χ3v) is 8.63. The van der Waals surface area contributed by atoms with Crippen molar-refractivity contribution in [1.29, 1.82) is 10.8 Å². The molecule has 0 atom stereocenters. The minimum absolute atomic E-state index is 0.229. The summed E-state index contributed by atoms with van der Waals surface area (Å²) in [6, 6.07) is 46.6. The summed E-state index contributed by atoms with van der Waals surface area (Å²) in [5, 5.41) is 14.9. The van der Waals surface area contributed by atoms with Gasteiger partial charge in [-0.3, -0.25) is 0 Å². The van der Waals surface area contributed by atoms with E-state index >= 15 is 0 Å². The topological polar surface area (TPSA) is 73.7 Å². The molecular formula is C45H41N3. The van der Waals surface area contributed by atoms with Gasteiger partial charge in [0.05, 0.1) is 11.1 Å². The van der Waals surface area contributed by atoms with Crippen LogP contribution in [-0.2, 0) is 5.41 Å². The lowest BCUT2D eigenvalue weighted by Gasteiger charge is -2.34. The Morgan fingerprint density at radius 3 is 1.88 bits per heavy atom. The highest BCUT2D eigenvalue weighted by Gasteiger charge is 2.45. The van der Waals surface area contributed by atoms with E-state index in [2.05, 4.69) is 147 Å². The largest absolute Gasteiger partial charge is 0.398 e. The Hall–Kier alpha value is -6.06. The molecule has 0 unspecified atom stereocenters. The van der Waals surface area contributed by atoms with Crippen LogP contribution in [0.3, 0.4) is 0 Å². The molecule has 1 aliphatic carbocycles. The maximum Gasteiger partial charge on any atom is 0.0713 e. The molecule has 0 saturated carbocycles. The van der Waals surface area contributed by atoms with E-state index in [-0.39, 0.29) is 11.1 Å². The summed E-state index contributed by atoms with van der Waals surface area (Å²) >= 11 is 0. The lowest BCUT2D eigenvalue weighted by molar-refractivity contribution is 0.768. The quantitative estimate of drug-likeness (QED) is 0.109. The van der Waals surface area contributed by atoms with Crippen molar-refractivity contribution in [2.75, 3.05) is 0 Å². The third-order valence-electron chi connectivity index (χ3n) is 8.63. The van der Waals surface area contributed by atoms with Crippen LogP contribution in [0.5, 0.6) is 0 Å². The van der Waals surface area contributed by atoms with Crippen LogP contribution in [0.2, 0.25) is 0 Å². The summed E-state index contributed by atoms with van der Waals surface area (Å²) in [5.74, 6) is 0. The van der Waals surface area contributed by atoms with Gasteiger partial charge in [0.15, 0.2) is 0 Å². The smallest absolute Gasteiger partial charge is 0.0713 e. The second-order valence-corrected chi connectivity index (χ2v) is 11.7. The van der Waals surface area contributed by atoms with E-state index < -0.39 is 0 Å². The summed E-state index contributed by atoms with van der Waals surface area (Å²) in [5.41, 5.74) is 18.9. The summed E-state index contributed by atoms with van der Waals surface area (Å²) in [7, 11) is 0. The molecule has 6 rings (SSSR count). The molecule has 4 N–H and O–H groups in total. The molecular weight excluding hydrogens is 583 g/mol. The monoisotopic (exact) mass is 623 g/mol. The Kier molecular flexibility index (Phi) is 10.4. The summed E-state index contributed by atoms with van der Waals surface area (Å²) in [6.45, 7) is 11.3. The maximum atomic E-state index is 7.69. The Bertz CT molecular complexity index is 2010. The van der Waals surface area contributed by atoms with Crippen LogP contribution in [0, 0.1) is 17.7 Å². The number of hydrogen-bond donors (Lipinski definition) is 3. The predicted molar refractivity (Wildman–Crippen MR) is 205 cm³/mol. The van der Waals surface area contributed by atoms with Gasteiger partial charge in [-0.05, 0) is 70.0 Å². The average molecular weight is 624 g/mol. The molecule has 0 aliphatic heterocycles. The zero-order chi connectivity index (χ0) is 34.1. The molecule has 0 aromatic heterocycles. The Morgan fingerprint density at radius 1 is 0.729 bits per heavy atom. The highest BCUT2D eigenvalue weighted by atomic mass is 14.6. The normalized spacial score (nSPS) is 13.1. The molecule has 0 saturated heterocycles. The van der Waals surface area contributed by atoms with E-state index in [1.54, 1.807) is 24.3 Å². The van der Waals surface area contributed by atoms with Gasteiger partial charge in [0.25, 0.3) is 0 Å². The fourth-order valence-electron chi connectivity index (χ4n) is 6.43. The first-order valence-electron chi connectivity index (χ1n) is 16.0. The van der Waals surface area contributed by atoms with Gasteiger partial charge in [-0.1, -0.05) is 170 Å². The van der Waals surface area contributed by atoms with Gasteiger partial charge in [0.2, 0.25) is 0 Å². The molecule has 0 radical (unpaired) electrons. The van der Waals surface area contributed by atoms with Crippen LogP contribution in [0.25, 0.3) is 22.3 Å². The molecule has 1 aliphatic rings. The third kappa shape index (κ3) is 6.58. The van der Waals surface area contributed by atoms with Gasteiger partial charge in [0, 0.05) is 17.5 Å². The molecule has 0 heterocycles. The van der Waals surface area contributed by atoms with Crippen molar-refractivity contribution in [2.24, 2.45) is 5.73 Å². The van der Waals surface area contributed by atoms with E-state index in [0.717, 1.165) is 6.21 Å².